The van der Waals surface area contributed by atoms with Crippen LogP contribution in [-0.4, -0.2) is 34.6 Å². The van der Waals surface area contributed by atoms with Gasteiger partial charge >= 0.3 is 11.7 Å². The molecule has 0 radical (unpaired) electrons. The Morgan fingerprint density at radius 3 is 2.64 bits per heavy atom. The highest BCUT2D eigenvalue weighted by Gasteiger charge is 2.11. The van der Waals surface area contributed by atoms with Gasteiger partial charge in [0.15, 0.2) is 0 Å². The standard InChI is InChI=1S/C20H27N3O5/c1-4-13(2)21-17(24)8-6-5-7-11-23-18(25)15-10-9-14(19(26)28-3)12-16(15)22-20(23)27/h9-10,12-13H,4-8,11H2,1-3H3,(H,21,24)(H,22,27)/t13-/m1/s1. The third-order valence-corrected chi connectivity index (χ3v) is 4.71. The van der Waals surface area contributed by atoms with Gasteiger partial charge in [0.25, 0.3) is 5.56 Å². The zero-order valence-electron chi connectivity index (χ0n) is 16.5. The summed E-state index contributed by atoms with van der Waals surface area (Å²) in [5.74, 6) is -0.513. The summed E-state index contributed by atoms with van der Waals surface area (Å²) in [6, 6.07) is 4.61. The fourth-order valence-corrected chi connectivity index (χ4v) is 2.88. The second kappa shape index (κ2) is 9.87. The lowest BCUT2D eigenvalue weighted by Gasteiger charge is -2.11. The molecule has 0 aliphatic rings. The highest BCUT2D eigenvalue weighted by atomic mass is 16.5. The van der Waals surface area contributed by atoms with Gasteiger partial charge in [-0.15, -0.1) is 0 Å². The lowest BCUT2D eigenvalue weighted by molar-refractivity contribution is -0.121. The van der Waals surface area contributed by atoms with Gasteiger partial charge in [-0.3, -0.25) is 14.2 Å². The summed E-state index contributed by atoms with van der Waals surface area (Å²) < 4.78 is 5.80. The first-order valence-corrected chi connectivity index (χ1v) is 9.52. The Bertz CT molecular complexity index is 960. The molecule has 152 valence electrons. The molecule has 1 aromatic heterocycles. The van der Waals surface area contributed by atoms with E-state index in [1.165, 1.54) is 25.3 Å². The first-order chi connectivity index (χ1) is 13.4. The number of carbonyl (C=O) groups is 2. The number of hydrogen-bond donors (Lipinski definition) is 2. The average Bonchev–Trinajstić information content (AvgIpc) is 2.68. The Hall–Kier alpha value is -2.90. The molecule has 2 rings (SSSR count). The molecule has 0 saturated carbocycles. The van der Waals surface area contributed by atoms with Gasteiger partial charge in [0, 0.05) is 19.0 Å². The highest BCUT2D eigenvalue weighted by Crippen LogP contribution is 2.10. The summed E-state index contributed by atoms with van der Waals surface area (Å²) >= 11 is 0. The van der Waals surface area contributed by atoms with Crippen LogP contribution in [0.15, 0.2) is 27.8 Å². The number of hydrogen-bond acceptors (Lipinski definition) is 5. The fraction of sp³-hybridized carbons (Fsp3) is 0.500. The molecule has 8 nitrogen and oxygen atoms in total. The van der Waals surface area contributed by atoms with Crippen LogP contribution in [0.2, 0.25) is 0 Å². The van der Waals surface area contributed by atoms with Crippen molar-refractivity contribution in [3.8, 4) is 0 Å². The number of unbranched alkanes of at least 4 members (excludes halogenated alkanes) is 2. The minimum Gasteiger partial charge on any atom is -0.465 e. The number of nitrogens with one attached hydrogen (secondary N) is 2. The van der Waals surface area contributed by atoms with Gasteiger partial charge in [0.1, 0.15) is 0 Å². The predicted octanol–water partition coefficient (Wildman–Crippen LogP) is 1.95. The summed E-state index contributed by atoms with van der Waals surface area (Å²) in [7, 11) is 1.27. The molecule has 2 aromatic rings. The van der Waals surface area contributed by atoms with Crippen molar-refractivity contribution in [2.45, 2.75) is 58.5 Å². The number of nitrogens with zero attached hydrogens (tertiary/aromatic N) is 1. The Morgan fingerprint density at radius 2 is 1.96 bits per heavy atom. The van der Waals surface area contributed by atoms with E-state index in [1.54, 1.807) is 0 Å². The molecule has 8 heteroatoms. The van der Waals surface area contributed by atoms with Gasteiger partial charge in [-0.1, -0.05) is 13.3 Å². The molecule has 1 heterocycles. The topological polar surface area (TPSA) is 110 Å². The number of amides is 1. The number of methoxy groups -OCH3 is 1. The van der Waals surface area contributed by atoms with Gasteiger partial charge in [-0.2, -0.15) is 0 Å². The van der Waals surface area contributed by atoms with Crippen LogP contribution in [0.5, 0.6) is 0 Å². The molecule has 1 atom stereocenters. The van der Waals surface area contributed by atoms with Crippen LogP contribution in [0.3, 0.4) is 0 Å². The average molecular weight is 389 g/mol. The summed E-state index contributed by atoms with van der Waals surface area (Å²) in [5, 5.41) is 3.24. The summed E-state index contributed by atoms with van der Waals surface area (Å²) in [6.45, 7) is 4.25. The van der Waals surface area contributed by atoms with Crippen LogP contribution in [0.25, 0.3) is 10.9 Å². The summed E-state index contributed by atoms with van der Waals surface area (Å²) in [4.78, 5) is 50.8. The largest absolute Gasteiger partial charge is 0.465 e. The van der Waals surface area contributed by atoms with Gasteiger partial charge in [-0.25, -0.2) is 9.59 Å². The fourth-order valence-electron chi connectivity index (χ4n) is 2.88. The van der Waals surface area contributed by atoms with Crippen molar-refractivity contribution in [3.05, 3.63) is 44.6 Å². The van der Waals surface area contributed by atoms with E-state index in [0.29, 0.717) is 30.2 Å². The van der Waals surface area contributed by atoms with E-state index in [1.807, 2.05) is 13.8 Å². The molecule has 0 fully saturated rings. The Kier molecular flexibility index (Phi) is 7.54. The molecule has 1 amide bonds. The lowest BCUT2D eigenvalue weighted by atomic mass is 10.1. The second-order valence-electron chi connectivity index (χ2n) is 6.83. The van der Waals surface area contributed by atoms with Crippen LogP contribution < -0.4 is 16.6 Å². The van der Waals surface area contributed by atoms with E-state index in [-0.39, 0.29) is 24.1 Å². The molecule has 28 heavy (non-hydrogen) atoms. The monoisotopic (exact) mass is 389 g/mol. The smallest absolute Gasteiger partial charge is 0.337 e. The number of fused-ring (bicyclic) bond motifs is 1. The second-order valence-corrected chi connectivity index (χ2v) is 6.83. The van der Waals surface area contributed by atoms with Crippen molar-refractivity contribution in [2.24, 2.45) is 0 Å². The minimum atomic E-state index is -0.538. The van der Waals surface area contributed by atoms with E-state index in [9.17, 15) is 19.2 Å². The maximum atomic E-state index is 12.6. The van der Waals surface area contributed by atoms with Crippen LogP contribution in [0.1, 0.15) is 56.3 Å². The third-order valence-electron chi connectivity index (χ3n) is 4.71. The van der Waals surface area contributed by atoms with Crippen LogP contribution >= 0.6 is 0 Å². The van der Waals surface area contributed by atoms with Crippen molar-refractivity contribution in [3.63, 3.8) is 0 Å². The van der Waals surface area contributed by atoms with Crippen LogP contribution in [0, 0.1) is 0 Å². The van der Waals surface area contributed by atoms with E-state index in [4.69, 9.17) is 0 Å². The quantitative estimate of drug-likeness (QED) is 0.503. The van der Waals surface area contributed by atoms with Crippen molar-refractivity contribution in [2.75, 3.05) is 7.11 Å². The van der Waals surface area contributed by atoms with E-state index in [0.717, 1.165) is 17.4 Å². The van der Waals surface area contributed by atoms with E-state index >= 15 is 0 Å². The molecule has 0 aliphatic carbocycles. The first-order valence-electron chi connectivity index (χ1n) is 9.52. The van der Waals surface area contributed by atoms with Gasteiger partial charge < -0.3 is 15.0 Å². The van der Waals surface area contributed by atoms with Crippen molar-refractivity contribution >= 4 is 22.8 Å². The number of H-pyrrole nitrogens is 1. The molecule has 2 N–H and O–H groups in total. The lowest BCUT2D eigenvalue weighted by Crippen LogP contribution is -2.35. The molecular formula is C20H27N3O5. The van der Waals surface area contributed by atoms with Crippen molar-refractivity contribution in [1.29, 1.82) is 0 Å². The number of benzene rings is 1. The maximum absolute atomic E-state index is 12.6. The van der Waals surface area contributed by atoms with Gasteiger partial charge in [-0.05, 0) is 44.4 Å². The molecule has 0 saturated heterocycles. The number of aromatic nitrogens is 2. The third kappa shape index (κ3) is 5.31. The summed E-state index contributed by atoms with van der Waals surface area (Å²) in [5.41, 5.74) is -0.354. The number of carbonyl (C=O) groups excluding carboxylic acids is 2. The Labute approximate surface area is 162 Å². The van der Waals surface area contributed by atoms with E-state index < -0.39 is 17.2 Å². The van der Waals surface area contributed by atoms with E-state index in [2.05, 4.69) is 15.0 Å². The van der Waals surface area contributed by atoms with Gasteiger partial charge in [0.2, 0.25) is 5.91 Å². The number of esters is 1. The Morgan fingerprint density at radius 1 is 1.21 bits per heavy atom. The molecule has 0 unspecified atom stereocenters. The van der Waals surface area contributed by atoms with Crippen molar-refractivity contribution < 1.29 is 14.3 Å². The first kappa shape index (κ1) is 21.4. The van der Waals surface area contributed by atoms with Gasteiger partial charge in [0.05, 0.1) is 23.6 Å². The number of aromatic amines is 1. The predicted molar refractivity (Wildman–Crippen MR) is 107 cm³/mol. The maximum Gasteiger partial charge on any atom is 0.337 e. The minimum absolute atomic E-state index is 0.0245. The molecule has 0 bridgehead atoms. The Balaban J connectivity index is 2.00. The molecule has 0 spiro atoms. The number of ether oxygens (including phenoxy) is 1. The normalized spacial score (nSPS) is 12.0. The number of rotatable bonds is 9. The molecule has 1 aromatic carbocycles. The zero-order valence-corrected chi connectivity index (χ0v) is 16.5. The summed E-state index contributed by atoms with van der Waals surface area (Å²) in [6.07, 6.45) is 3.37. The molecular weight excluding hydrogens is 362 g/mol. The van der Waals surface area contributed by atoms with Crippen molar-refractivity contribution in [1.82, 2.24) is 14.9 Å². The molecule has 0 aliphatic heterocycles. The van der Waals surface area contributed by atoms with Crippen LogP contribution in [0.4, 0.5) is 0 Å². The highest BCUT2D eigenvalue weighted by molar-refractivity contribution is 5.93. The zero-order chi connectivity index (χ0) is 20.7. The van der Waals surface area contributed by atoms with Crippen LogP contribution in [-0.2, 0) is 16.1 Å². The SMILES string of the molecule is CC[C@@H](C)NC(=O)CCCCCn1c(=O)[nH]c2cc(C(=O)OC)ccc2c1=O.